The first-order valence-corrected chi connectivity index (χ1v) is 9.55. The minimum atomic E-state index is 0.306. The summed E-state index contributed by atoms with van der Waals surface area (Å²) in [7, 11) is 0. The highest BCUT2D eigenvalue weighted by molar-refractivity contribution is 5.76. The third-order valence-electron chi connectivity index (χ3n) is 5.55. The molecule has 1 aromatic heterocycles. The number of amides is 1. The number of carbonyl (C=O) groups excluding carboxylic acids is 1. The van der Waals surface area contributed by atoms with Gasteiger partial charge in [-0.2, -0.15) is 0 Å². The number of likely N-dealkylation sites (tertiary alicyclic amines) is 1. The molecule has 0 bridgehead atoms. The maximum absolute atomic E-state index is 12.5. The lowest BCUT2D eigenvalue weighted by molar-refractivity contribution is -0.132. The van der Waals surface area contributed by atoms with Crippen LogP contribution in [0.25, 0.3) is 0 Å². The minimum absolute atomic E-state index is 0.306. The summed E-state index contributed by atoms with van der Waals surface area (Å²) in [4.78, 5) is 14.5. The van der Waals surface area contributed by atoms with Crippen LogP contribution in [0.4, 0.5) is 0 Å². The van der Waals surface area contributed by atoms with Crippen molar-refractivity contribution in [1.82, 2.24) is 19.7 Å². The summed E-state index contributed by atoms with van der Waals surface area (Å²) in [6.07, 6.45) is 6.85. The van der Waals surface area contributed by atoms with Gasteiger partial charge in [0, 0.05) is 38.4 Å². The van der Waals surface area contributed by atoms with E-state index in [2.05, 4.69) is 39.0 Å². The van der Waals surface area contributed by atoms with Crippen LogP contribution in [-0.4, -0.2) is 38.7 Å². The van der Waals surface area contributed by atoms with E-state index in [0.717, 1.165) is 63.4 Å². The van der Waals surface area contributed by atoms with E-state index in [4.69, 9.17) is 0 Å². The Bertz CT molecular complexity index is 717. The fraction of sp³-hybridized carbons (Fsp3) is 0.550. The Morgan fingerprint density at radius 1 is 1.08 bits per heavy atom. The van der Waals surface area contributed by atoms with Gasteiger partial charge in [-0.15, -0.1) is 10.2 Å². The molecule has 2 aliphatic heterocycles. The van der Waals surface area contributed by atoms with Crippen LogP contribution in [0.5, 0.6) is 0 Å². The number of aromatic nitrogens is 3. The van der Waals surface area contributed by atoms with Gasteiger partial charge in [-0.25, -0.2) is 0 Å². The Morgan fingerprint density at radius 3 is 2.68 bits per heavy atom. The summed E-state index contributed by atoms with van der Waals surface area (Å²) in [6, 6.07) is 10.4. The van der Waals surface area contributed by atoms with Crippen molar-refractivity contribution in [2.75, 3.05) is 13.1 Å². The number of carbonyl (C=O) groups is 1. The molecule has 0 unspecified atom stereocenters. The van der Waals surface area contributed by atoms with Crippen molar-refractivity contribution >= 4 is 5.91 Å². The van der Waals surface area contributed by atoms with Gasteiger partial charge in [0.25, 0.3) is 0 Å². The summed E-state index contributed by atoms with van der Waals surface area (Å²) in [5.74, 6) is 3.08. The molecule has 0 aliphatic carbocycles. The second-order valence-electron chi connectivity index (χ2n) is 7.22. The van der Waals surface area contributed by atoms with Crippen LogP contribution in [-0.2, 0) is 24.2 Å². The number of benzene rings is 1. The van der Waals surface area contributed by atoms with Gasteiger partial charge in [0.1, 0.15) is 11.6 Å². The third kappa shape index (κ3) is 3.60. The average Bonchev–Trinajstić information content (AvgIpc) is 3.26. The van der Waals surface area contributed by atoms with Crippen molar-refractivity contribution in [1.29, 1.82) is 0 Å². The molecule has 1 fully saturated rings. The summed E-state index contributed by atoms with van der Waals surface area (Å²) >= 11 is 0. The highest BCUT2D eigenvalue weighted by atomic mass is 16.2. The van der Waals surface area contributed by atoms with Crippen molar-refractivity contribution in [2.24, 2.45) is 0 Å². The summed E-state index contributed by atoms with van der Waals surface area (Å²) in [6.45, 7) is 2.78. The van der Waals surface area contributed by atoms with Crippen molar-refractivity contribution in [2.45, 2.75) is 57.4 Å². The van der Waals surface area contributed by atoms with Crippen LogP contribution in [0.2, 0.25) is 0 Å². The molecule has 4 rings (SSSR count). The maximum atomic E-state index is 12.5. The Morgan fingerprint density at radius 2 is 1.88 bits per heavy atom. The zero-order valence-electron chi connectivity index (χ0n) is 14.7. The fourth-order valence-corrected chi connectivity index (χ4v) is 4.11. The molecule has 25 heavy (non-hydrogen) atoms. The van der Waals surface area contributed by atoms with E-state index in [1.807, 2.05) is 11.0 Å². The van der Waals surface area contributed by atoms with Gasteiger partial charge in [0.2, 0.25) is 5.91 Å². The first-order chi connectivity index (χ1) is 12.3. The van der Waals surface area contributed by atoms with E-state index >= 15 is 0 Å². The van der Waals surface area contributed by atoms with E-state index < -0.39 is 0 Å². The van der Waals surface area contributed by atoms with Gasteiger partial charge in [0.15, 0.2) is 0 Å². The monoisotopic (exact) mass is 338 g/mol. The first kappa shape index (κ1) is 16.3. The molecule has 5 heteroatoms. The number of hydrogen-bond donors (Lipinski definition) is 0. The van der Waals surface area contributed by atoms with E-state index in [1.165, 1.54) is 12.0 Å². The number of aryl methyl sites for hydroxylation is 2. The van der Waals surface area contributed by atoms with Crippen LogP contribution < -0.4 is 0 Å². The highest BCUT2D eigenvalue weighted by Gasteiger charge is 2.29. The van der Waals surface area contributed by atoms with Gasteiger partial charge in [-0.05, 0) is 37.7 Å². The lowest BCUT2D eigenvalue weighted by atomic mass is 9.95. The van der Waals surface area contributed by atoms with E-state index in [1.54, 1.807) is 0 Å². The third-order valence-corrected chi connectivity index (χ3v) is 5.55. The van der Waals surface area contributed by atoms with Crippen molar-refractivity contribution < 1.29 is 4.79 Å². The zero-order chi connectivity index (χ0) is 17.1. The molecule has 1 amide bonds. The zero-order valence-corrected chi connectivity index (χ0v) is 14.7. The van der Waals surface area contributed by atoms with Gasteiger partial charge in [0.05, 0.1) is 0 Å². The minimum Gasteiger partial charge on any atom is -0.343 e. The van der Waals surface area contributed by atoms with E-state index in [-0.39, 0.29) is 0 Å². The number of piperidine rings is 1. The second kappa shape index (κ2) is 7.38. The number of fused-ring (bicyclic) bond motifs is 1. The fourth-order valence-electron chi connectivity index (χ4n) is 4.11. The number of hydrogen-bond acceptors (Lipinski definition) is 3. The Hall–Kier alpha value is -2.17. The Balaban J connectivity index is 1.25. The van der Waals surface area contributed by atoms with Crippen molar-refractivity contribution in [3.05, 3.63) is 47.5 Å². The first-order valence-electron chi connectivity index (χ1n) is 9.55. The summed E-state index contributed by atoms with van der Waals surface area (Å²) in [5.41, 5.74) is 1.31. The molecule has 2 aliphatic rings. The molecule has 3 heterocycles. The second-order valence-corrected chi connectivity index (χ2v) is 7.22. The van der Waals surface area contributed by atoms with Crippen LogP contribution in [0.3, 0.4) is 0 Å². The molecule has 0 atom stereocenters. The van der Waals surface area contributed by atoms with Gasteiger partial charge < -0.3 is 9.47 Å². The molecule has 5 nitrogen and oxygen atoms in total. The van der Waals surface area contributed by atoms with Crippen LogP contribution in [0, 0.1) is 0 Å². The van der Waals surface area contributed by atoms with Crippen molar-refractivity contribution in [3.63, 3.8) is 0 Å². The average molecular weight is 338 g/mol. The molecule has 1 saturated heterocycles. The highest BCUT2D eigenvalue weighted by Crippen LogP contribution is 2.29. The predicted octanol–water partition coefficient (Wildman–Crippen LogP) is 2.95. The van der Waals surface area contributed by atoms with Crippen molar-refractivity contribution in [3.8, 4) is 0 Å². The van der Waals surface area contributed by atoms with Crippen LogP contribution in [0.15, 0.2) is 30.3 Å². The largest absolute Gasteiger partial charge is 0.343 e. The van der Waals surface area contributed by atoms with E-state index in [0.29, 0.717) is 18.2 Å². The smallest absolute Gasteiger partial charge is 0.222 e. The normalized spacial score (nSPS) is 17.7. The van der Waals surface area contributed by atoms with Crippen LogP contribution in [0.1, 0.15) is 55.2 Å². The molecule has 0 saturated carbocycles. The number of nitrogens with zero attached hydrogens (tertiary/aromatic N) is 4. The van der Waals surface area contributed by atoms with Gasteiger partial charge in [-0.3, -0.25) is 4.79 Å². The van der Waals surface area contributed by atoms with E-state index in [9.17, 15) is 4.79 Å². The molecule has 0 radical (unpaired) electrons. The standard InChI is InChI=1S/C20H26N4O/c25-19(10-4-8-16-6-2-1-3-7-16)23-14-11-17(12-15-23)20-22-21-18-9-5-13-24(18)20/h1-3,6-7,17H,4-5,8-15H2. The number of rotatable bonds is 5. The molecule has 2 aromatic rings. The predicted molar refractivity (Wildman–Crippen MR) is 96.3 cm³/mol. The molecular formula is C20H26N4O. The Labute approximate surface area is 149 Å². The quantitative estimate of drug-likeness (QED) is 0.842. The molecular weight excluding hydrogens is 312 g/mol. The van der Waals surface area contributed by atoms with Gasteiger partial charge >= 0.3 is 0 Å². The lowest BCUT2D eigenvalue weighted by Crippen LogP contribution is -2.38. The van der Waals surface area contributed by atoms with Gasteiger partial charge in [-0.1, -0.05) is 30.3 Å². The molecule has 132 valence electrons. The topological polar surface area (TPSA) is 51.0 Å². The molecule has 0 N–H and O–H groups in total. The Kier molecular flexibility index (Phi) is 4.81. The SMILES string of the molecule is O=C(CCCc1ccccc1)N1CCC(c2nnc3n2CCC3)CC1. The van der Waals surface area contributed by atoms with Crippen LogP contribution >= 0.6 is 0 Å². The maximum Gasteiger partial charge on any atom is 0.222 e. The summed E-state index contributed by atoms with van der Waals surface area (Å²) < 4.78 is 2.31. The molecule has 1 aromatic carbocycles. The molecule has 0 spiro atoms. The summed E-state index contributed by atoms with van der Waals surface area (Å²) in [5, 5.41) is 8.75. The lowest BCUT2D eigenvalue weighted by Gasteiger charge is -2.31.